The van der Waals surface area contributed by atoms with E-state index in [4.69, 9.17) is 4.52 Å². The van der Waals surface area contributed by atoms with Gasteiger partial charge in [0.2, 0.25) is 5.65 Å². The van der Waals surface area contributed by atoms with Crippen LogP contribution >= 0.6 is 0 Å². The van der Waals surface area contributed by atoms with Crippen molar-refractivity contribution in [1.82, 2.24) is 15.1 Å². The van der Waals surface area contributed by atoms with E-state index >= 15 is 0 Å². The standard InChI is InChI=1S/C12H17N3O2.Ca.2H2O/c1-6(2)8-7-9(15-17-8)13-11(12(3,4)5)14-10(7)16;;;/h6H,1-5H3,(H,13,14,15,16);;2*1H2/q;+2;;/p-2. The number of nitrogens with zero attached hydrogens (tertiary/aromatic N) is 3. The zero-order chi connectivity index (χ0) is 12.8. The summed E-state index contributed by atoms with van der Waals surface area (Å²) in [6.07, 6.45) is 0. The topological polar surface area (TPSA) is 136 Å². The van der Waals surface area contributed by atoms with Crippen molar-refractivity contribution in [3.05, 3.63) is 11.6 Å². The molecule has 2 aromatic heterocycles. The monoisotopic (exact) mass is 309 g/mol. The van der Waals surface area contributed by atoms with Crippen LogP contribution in [0.2, 0.25) is 0 Å². The van der Waals surface area contributed by atoms with Crippen LogP contribution in [0.1, 0.15) is 52.1 Å². The van der Waals surface area contributed by atoms with Crippen molar-refractivity contribution in [1.29, 1.82) is 0 Å². The minimum absolute atomic E-state index is 0. The third kappa shape index (κ3) is 4.02. The largest absolute Gasteiger partial charge is 2.00 e. The van der Waals surface area contributed by atoms with E-state index in [0.29, 0.717) is 22.6 Å². The summed E-state index contributed by atoms with van der Waals surface area (Å²) in [5.74, 6) is 0.853. The van der Waals surface area contributed by atoms with E-state index < -0.39 is 0 Å². The van der Waals surface area contributed by atoms with Crippen LogP contribution in [0.5, 0.6) is 5.88 Å². The van der Waals surface area contributed by atoms with E-state index in [1.54, 1.807) is 0 Å². The van der Waals surface area contributed by atoms with Crippen LogP contribution in [-0.2, 0) is 5.41 Å². The molecule has 0 atom stereocenters. The minimum atomic E-state index is -0.301. The predicted octanol–water partition coefficient (Wildman–Crippen LogP) is 0.730. The molecule has 0 spiro atoms. The molecule has 108 valence electrons. The molecule has 8 heteroatoms. The van der Waals surface area contributed by atoms with Gasteiger partial charge in [0.05, 0.1) is 5.39 Å². The fraction of sp³-hybridized carbons (Fsp3) is 0.583. The van der Waals surface area contributed by atoms with E-state index in [1.807, 2.05) is 34.6 Å². The second-order valence-corrected chi connectivity index (χ2v) is 5.50. The molecule has 0 amide bonds. The van der Waals surface area contributed by atoms with Gasteiger partial charge in [0.1, 0.15) is 11.6 Å². The van der Waals surface area contributed by atoms with Gasteiger partial charge in [0.15, 0.2) is 0 Å². The maximum Gasteiger partial charge on any atom is 2.00 e. The summed E-state index contributed by atoms with van der Waals surface area (Å²) in [6.45, 7) is 9.75. The average Bonchev–Trinajstić information content (AvgIpc) is 2.60. The molecule has 0 unspecified atom stereocenters. The molecule has 2 heterocycles. The summed E-state index contributed by atoms with van der Waals surface area (Å²) in [4.78, 5) is 8.32. The molecule has 7 nitrogen and oxygen atoms in total. The summed E-state index contributed by atoms with van der Waals surface area (Å²) in [5, 5.41) is 16.2. The maximum atomic E-state index is 12.0. The molecule has 0 radical (unpaired) electrons. The summed E-state index contributed by atoms with van der Waals surface area (Å²) < 4.78 is 5.17. The molecule has 0 aliphatic rings. The second kappa shape index (κ2) is 7.51. The van der Waals surface area contributed by atoms with Gasteiger partial charge in [0, 0.05) is 17.2 Å². The van der Waals surface area contributed by atoms with Gasteiger partial charge < -0.3 is 20.6 Å². The van der Waals surface area contributed by atoms with Crippen molar-refractivity contribution in [2.75, 3.05) is 0 Å². The Kier molecular flexibility index (Phi) is 8.20. The van der Waals surface area contributed by atoms with Gasteiger partial charge in [-0.25, -0.2) is 9.97 Å². The first-order valence-corrected chi connectivity index (χ1v) is 5.65. The van der Waals surface area contributed by atoms with Gasteiger partial charge in [-0.3, -0.25) is 0 Å². The summed E-state index contributed by atoms with van der Waals surface area (Å²) >= 11 is 0. The van der Waals surface area contributed by atoms with Crippen LogP contribution in [-0.4, -0.2) is 63.8 Å². The van der Waals surface area contributed by atoms with Gasteiger partial charge in [-0.2, -0.15) is 0 Å². The van der Waals surface area contributed by atoms with Crippen LogP contribution in [0, 0.1) is 0 Å². The smallest absolute Gasteiger partial charge is 0.870 e. The molecule has 0 fully saturated rings. The molecular formula is C12H19CaN3O4. The van der Waals surface area contributed by atoms with Crippen molar-refractivity contribution in [2.45, 2.75) is 46.0 Å². The molecule has 0 aliphatic heterocycles. The quantitative estimate of drug-likeness (QED) is 0.712. The van der Waals surface area contributed by atoms with Crippen molar-refractivity contribution < 1.29 is 20.6 Å². The van der Waals surface area contributed by atoms with Crippen molar-refractivity contribution in [3.8, 4) is 5.88 Å². The van der Waals surface area contributed by atoms with E-state index in [-0.39, 0.29) is 65.9 Å². The fourth-order valence-corrected chi connectivity index (χ4v) is 1.58. The molecule has 0 bridgehead atoms. The second-order valence-electron chi connectivity index (χ2n) is 5.50. The predicted molar refractivity (Wildman–Crippen MR) is 73.1 cm³/mol. The molecular weight excluding hydrogens is 290 g/mol. The number of rotatable bonds is 1. The first kappa shape index (κ1) is 21.8. The van der Waals surface area contributed by atoms with Crippen molar-refractivity contribution >= 4 is 48.8 Å². The van der Waals surface area contributed by atoms with Gasteiger partial charge in [-0.15, -0.1) is 0 Å². The van der Waals surface area contributed by atoms with Gasteiger partial charge >= 0.3 is 37.7 Å². The fourth-order valence-electron chi connectivity index (χ4n) is 1.58. The minimum Gasteiger partial charge on any atom is -0.870 e. The number of hydrogen-bond donors (Lipinski definition) is 0. The van der Waals surface area contributed by atoms with Crippen molar-refractivity contribution in [3.63, 3.8) is 0 Å². The normalized spacial score (nSPS) is 10.7. The number of hydrogen-bond acceptors (Lipinski definition) is 6. The molecule has 20 heavy (non-hydrogen) atoms. The van der Waals surface area contributed by atoms with E-state index in [9.17, 15) is 5.11 Å². The SMILES string of the molecule is CC(C)c1onc2nc(C(C)(C)C)nc([O-])c12.O.[Ca+2].[OH-]. The molecule has 0 saturated carbocycles. The van der Waals surface area contributed by atoms with Gasteiger partial charge in [0.25, 0.3) is 0 Å². The van der Waals surface area contributed by atoms with Crippen LogP contribution in [0.4, 0.5) is 0 Å². The van der Waals surface area contributed by atoms with E-state index in [1.165, 1.54) is 0 Å². The number of fused-ring (bicyclic) bond motifs is 1. The summed E-state index contributed by atoms with van der Waals surface area (Å²) in [6, 6.07) is 0. The zero-order valence-electron chi connectivity index (χ0n) is 12.4. The van der Waals surface area contributed by atoms with E-state index in [0.717, 1.165) is 0 Å². The molecule has 2 aromatic rings. The Balaban J connectivity index is 0. The molecule has 0 aliphatic carbocycles. The number of aromatic nitrogens is 3. The van der Waals surface area contributed by atoms with Crippen LogP contribution in [0.15, 0.2) is 4.52 Å². The summed E-state index contributed by atoms with van der Waals surface area (Å²) in [7, 11) is 0. The maximum absolute atomic E-state index is 12.0. The van der Waals surface area contributed by atoms with Gasteiger partial charge in [-0.05, 0) is 0 Å². The Hall–Kier alpha value is -0.470. The Bertz CT molecular complexity index is 564. The average molecular weight is 309 g/mol. The Morgan fingerprint density at radius 2 is 1.70 bits per heavy atom. The Morgan fingerprint density at radius 3 is 2.15 bits per heavy atom. The van der Waals surface area contributed by atoms with Crippen LogP contribution < -0.4 is 5.11 Å². The molecule has 0 saturated heterocycles. The zero-order valence-corrected chi connectivity index (χ0v) is 14.6. The third-order valence-electron chi connectivity index (χ3n) is 2.53. The Morgan fingerprint density at radius 1 is 1.15 bits per heavy atom. The van der Waals surface area contributed by atoms with Crippen molar-refractivity contribution in [2.24, 2.45) is 0 Å². The Labute approximate surface area is 147 Å². The first-order valence-electron chi connectivity index (χ1n) is 5.65. The molecule has 0 aromatic carbocycles. The summed E-state index contributed by atoms with van der Waals surface area (Å²) in [5.41, 5.74) is 0.0863. The first-order chi connectivity index (χ1) is 7.80. The van der Waals surface area contributed by atoms with Crippen LogP contribution in [0.25, 0.3) is 11.0 Å². The van der Waals surface area contributed by atoms with Crippen LogP contribution in [0.3, 0.4) is 0 Å². The van der Waals surface area contributed by atoms with E-state index in [2.05, 4.69) is 15.1 Å². The molecule has 3 N–H and O–H groups in total. The third-order valence-corrected chi connectivity index (χ3v) is 2.53. The molecule has 2 rings (SSSR count). The van der Waals surface area contributed by atoms with Gasteiger partial charge in [-0.1, -0.05) is 39.8 Å².